The second kappa shape index (κ2) is 3.41. The first-order valence-corrected chi connectivity index (χ1v) is 5.86. The molecule has 0 aliphatic heterocycles. The van der Waals surface area contributed by atoms with E-state index in [1.165, 1.54) is 11.1 Å². The number of methoxy groups -OCH3 is 1. The van der Waals surface area contributed by atoms with Gasteiger partial charge in [0.15, 0.2) is 0 Å². The summed E-state index contributed by atoms with van der Waals surface area (Å²) in [5, 5.41) is 0. The lowest BCUT2D eigenvalue weighted by molar-refractivity contribution is 0.393. The van der Waals surface area contributed by atoms with Crippen LogP contribution >= 0.6 is 0 Å². The molecule has 2 N–H and O–H groups in total. The van der Waals surface area contributed by atoms with Gasteiger partial charge in [-0.3, -0.25) is 0 Å². The fourth-order valence-corrected chi connectivity index (χ4v) is 3.17. The summed E-state index contributed by atoms with van der Waals surface area (Å²) < 4.78 is 5.52. The van der Waals surface area contributed by atoms with Crippen LogP contribution in [0, 0.1) is 6.92 Å². The van der Waals surface area contributed by atoms with Crippen LogP contribution in [-0.4, -0.2) is 7.11 Å². The SMILES string of the molecule is COc1cc(C)c(N)c2c1C(C)(C)CC2C. The number of hydrogen-bond donors (Lipinski definition) is 1. The molecule has 0 aromatic heterocycles. The van der Waals surface area contributed by atoms with Crippen LogP contribution in [0.4, 0.5) is 5.69 Å². The number of hydrogen-bond acceptors (Lipinski definition) is 2. The Hall–Kier alpha value is -1.18. The van der Waals surface area contributed by atoms with Crippen LogP contribution in [0.3, 0.4) is 0 Å². The summed E-state index contributed by atoms with van der Waals surface area (Å²) in [4.78, 5) is 0. The molecule has 16 heavy (non-hydrogen) atoms. The molecular formula is C14H21NO. The summed E-state index contributed by atoms with van der Waals surface area (Å²) in [6, 6.07) is 2.06. The zero-order valence-electron chi connectivity index (χ0n) is 10.8. The number of nitrogen functional groups attached to an aromatic ring is 1. The van der Waals surface area contributed by atoms with Crippen LogP contribution < -0.4 is 10.5 Å². The number of benzene rings is 1. The van der Waals surface area contributed by atoms with Crippen molar-refractivity contribution in [2.45, 2.75) is 45.4 Å². The smallest absolute Gasteiger partial charge is 0.123 e. The van der Waals surface area contributed by atoms with E-state index in [-0.39, 0.29) is 5.41 Å². The zero-order chi connectivity index (χ0) is 12.1. The highest BCUT2D eigenvalue weighted by atomic mass is 16.5. The van der Waals surface area contributed by atoms with E-state index in [0.29, 0.717) is 5.92 Å². The molecule has 0 saturated heterocycles. The quantitative estimate of drug-likeness (QED) is 0.735. The van der Waals surface area contributed by atoms with Gasteiger partial charge in [0.2, 0.25) is 0 Å². The molecular weight excluding hydrogens is 198 g/mol. The highest BCUT2D eigenvalue weighted by Crippen LogP contribution is 2.52. The molecule has 0 amide bonds. The average Bonchev–Trinajstić information content (AvgIpc) is 2.43. The van der Waals surface area contributed by atoms with E-state index in [4.69, 9.17) is 10.5 Å². The average molecular weight is 219 g/mol. The van der Waals surface area contributed by atoms with Crippen LogP contribution in [0.1, 0.15) is 49.8 Å². The van der Waals surface area contributed by atoms with Crippen molar-refractivity contribution in [2.75, 3.05) is 12.8 Å². The lowest BCUT2D eigenvalue weighted by Crippen LogP contribution is -2.14. The maximum atomic E-state index is 6.21. The molecule has 0 bridgehead atoms. The van der Waals surface area contributed by atoms with Gasteiger partial charge in [0, 0.05) is 11.3 Å². The van der Waals surface area contributed by atoms with E-state index < -0.39 is 0 Å². The van der Waals surface area contributed by atoms with Crippen molar-refractivity contribution in [3.8, 4) is 5.75 Å². The first-order valence-electron chi connectivity index (χ1n) is 5.86. The van der Waals surface area contributed by atoms with Crippen LogP contribution in [0.5, 0.6) is 5.75 Å². The molecule has 0 fully saturated rings. The van der Waals surface area contributed by atoms with E-state index in [2.05, 4.69) is 33.8 Å². The fourth-order valence-electron chi connectivity index (χ4n) is 3.17. The summed E-state index contributed by atoms with van der Waals surface area (Å²) in [6.45, 7) is 8.85. The third-order valence-electron chi connectivity index (χ3n) is 3.78. The van der Waals surface area contributed by atoms with Gasteiger partial charge in [0.1, 0.15) is 5.75 Å². The predicted octanol–water partition coefficient (Wildman–Crippen LogP) is 3.37. The Morgan fingerprint density at radius 1 is 1.44 bits per heavy atom. The monoisotopic (exact) mass is 219 g/mol. The van der Waals surface area contributed by atoms with Crippen molar-refractivity contribution in [3.63, 3.8) is 0 Å². The van der Waals surface area contributed by atoms with Crippen molar-refractivity contribution in [3.05, 3.63) is 22.8 Å². The number of fused-ring (bicyclic) bond motifs is 1. The molecule has 0 radical (unpaired) electrons. The maximum Gasteiger partial charge on any atom is 0.123 e. The Morgan fingerprint density at radius 3 is 2.62 bits per heavy atom. The third kappa shape index (κ3) is 1.40. The number of nitrogens with two attached hydrogens (primary N) is 1. The van der Waals surface area contributed by atoms with Gasteiger partial charge in [-0.05, 0) is 41.9 Å². The summed E-state index contributed by atoms with van der Waals surface area (Å²) in [7, 11) is 1.74. The molecule has 1 unspecified atom stereocenters. The lowest BCUT2D eigenvalue weighted by Gasteiger charge is -2.22. The zero-order valence-corrected chi connectivity index (χ0v) is 10.8. The topological polar surface area (TPSA) is 35.2 Å². The molecule has 0 spiro atoms. The van der Waals surface area contributed by atoms with Gasteiger partial charge in [0.25, 0.3) is 0 Å². The molecule has 2 heteroatoms. The number of anilines is 1. The molecule has 1 aliphatic carbocycles. The highest BCUT2D eigenvalue weighted by Gasteiger charge is 2.39. The van der Waals surface area contributed by atoms with Gasteiger partial charge in [-0.15, -0.1) is 0 Å². The van der Waals surface area contributed by atoms with Crippen molar-refractivity contribution >= 4 is 5.69 Å². The number of aryl methyl sites for hydroxylation is 1. The first kappa shape index (κ1) is 11.3. The highest BCUT2D eigenvalue weighted by molar-refractivity contribution is 5.66. The minimum absolute atomic E-state index is 0.169. The van der Waals surface area contributed by atoms with Gasteiger partial charge >= 0.3 is 0 Å². The summed E-state index contributed by atoms with van der Waals surface area (Å²) >= 11 is 0. The van der Waals surface area contributed by atoms with Gasteiger partial charge < -0.3 is 10.5 Å². The van der Waals surface area contributed by atoms with Crippen LogP contribution in [0.2, 0.25) is 0 Å². The van der Waals surface area contributed by atoms with Gasteiger partial charge in [-0.1, -0.05) is 20.8 Å². The van der Waals surface area contributed by atoms with Gasteiger partial charge in [0.05, 0.1) is 7.11 Å². The number of rotatable bonds is 1. The third-order valence-corrected chi connectivity index (χ3v) is 3.78. The summed E-state index contributed by atoms with van der Waals surface area (Å²) in [5.74, 6) is 1.52. The van der Waals surface area contributed by atoms with E-state index >= 15 is 0 Å². The number of ether oxygens (including phenoxy) is 1. The van der Waals surface area contributed by atoms with Crippen LogP contribution in [-0.2, 0) is 5.41 Å². The Balaban J connectivity index is 2.77. The minimum atomic E-state index is 0.169. The van der Waals surface area contributed by atoms with Crippen LogP contribution in [0.25, 0.3) is 0 Å². The van der Waals surface area contributed by atoms with E-state index in [1.807, 2.05) is 0 Å². The molecule has 2 rings (SSSR count). The summed E-state index contributed by atoms with van der Waals surface area (Å²) in [6.07, 6.45) is 1.15. The van der Waals surface area contributed by atoms with Crippen molar-refractivity contribution < 1.29 is 4.74 Å². The fraction of sp³-hybridized carbons (Fsp3) is 0.571. The molecule has 0 heterocycles. The van der Waals surface area contributed by atoms with E-state index in [9.17, 15) is 0 Å². The first-order chi connectivity index (χ1) is 7.38. The normalized spacial score (nSPS) is 21.9. The standard InChI is InChI=1S/C14H21NO/c1-8-6-10(16-5)12-11(13(8)15)9(2)7-14(12,3)4/h6,9H,7,15H2,1-5H3. The van der Waals surface area contributed by atoms with Gasteiger partial charge in [-0.25, -0.2) is 0 Å². The van der Waals surface area contributed by atoms with E-state index in [1.54, 1.807) is 7.11 Å². The predicted molar refractivity (Wildman–Crippen MR) is 68.2 cm³/mol. The minimum Gasteiger partial charge on any atom is -0.496 e. The molecule has 1 aromatic carbocycles. The molecule has 88 valence electrons. The van der Waals surface area contributed by atoms with E-state index in [0.717, 1.165) is 23.4 Å². The lowest BCUT2D eigenvalue weighted by atomic mass is 9.85. The second-order valence-corrected chi connectivity index (χ2v) is 5.59. The Morgan fingerprint density at radius 2 is 2.06 bits per heavy atom. The molecule has 1 atom stereocenters. The molecule has 1 aromatic rings. The van der Waals surface area contributed by atoms with Gasteiger partial charge in [-0.2, -0.15) is 0 Å². The summed E-state index contributed by atoms with van der Waals surface area (Å²) in [5.41, 5.74) is 11.1. The Bertz CT molecular complexity index is 435. The van der Waals surface area contributed by atoms with Crippen molar-refractivity contribution in [1.82, 2.24) is 0 Å². The second-order valence-electron chi connectivity index (χ2n) is 5.59. The van der Waals surface area contributed by atoms with Crippen LogP contribution in [0.15, 0.2) is 6.07 Å². The Kier molecular flexibility index (Phi) is 2.41. The molecule has 0 saturated carbocycles. The molecule has 1 aliphatic rings. The van der Waals surface area contributed by atoms with Crippen molar-refractivity contribution in [2.24, 2.45) is 0 Å². The van der Waals surface area contributed by atoms with Crippen molar-refractivity contribution in [1.29, 1.82) is 0 Å². The largest absolute Gasteiger partial charge is 0.496 e. The molecule has 2 nitrogen and oxygen atoms in total. The maximum absolute atomic E-state index is 6.21. The Labute approximate surface area is 97.8 Å².